The number of nitrogens with one attached hydrogen (secondary N) is 8. The number of aromatic nitrogens is 1. The van der Waals surface area contributed by atoms with Crippen LogP contribution in [0.15, 0.2) is 23.2 Å². The molecule has 1 aromatic carbocycles. The van der Waals surface area contributed by atoms with Gasteiger partial charge in [-0.25, -0.2) is 0 Å². The first kappa shape index (κ1) is 55.7. The molecule has 5 unspecified atom stereocenters. The van der Waals surface area contributed by atoms with Crippen LogP contribution in [-0.2, 0) is 60.4 Å². The summed E-state index contributed by atoms with van der Waals surface area (Å²) in [7, 11) is -2.36. The van der Waals surface area contributed by atoms with Crippen LogP contribution in [0.3, 0.4) is 0 Å². The van der Waals surface area contributed by atoms with E-state index in [1.165, 1.54) is 6.92 Å². The number of H-pyrrole nitrogens is 1. The van der Waals surface area contributed by atoms with Crippen molar-refractivity contribution in [2.45, 2.75) is 126 Å². The quantitative estimate of drug-likeness (QED) is 0.0791. The highest BCUT2D eigenvalue weighted by Crippen LogP contribution is 2.31. The van der Waals surface area contributed by atoms with Crippen LogP contribution >= 0.6 is 0 Å². The van der Waals surface area contributed by atoms with E-state index in [9.17, 15) is 62.7 Å². The number of nitrogens with two attached hydrogens (primary N) is 2. The standard InChI is InChI=1S/C45H67N11O14S/c1-4-22(2)37-42(66)49-17-35(61)50-31-21-71(69)44-27(26-10-9-25(14-28(26)53-44)70-12-8-6-5-7-11-46)15-29(39(63)48-18-36(62)54-37)51-43(67)38(23(3)33(59)20-57)55-41(65)32-13-24(58)19-56(32)45(68)30(16-34(47)60)52-40(31)64/h9-10,14,22-24,29-33,37-38,53,57-59H,4-8,11-13,15-21,46H2,1-3H3,(H2,47,60)(H,48,63)(H,49,66)(H,50,61)(H,51,67)(H,52,64)(H,54,62)(H,55,65)/t22-,23-,24?,29?,30-,31?,32-,33-,37?,38-,71?/m0/s1. The number of carbonyl (C=O) groups is 9. The molecule has 0 radical (unpaired) electrons. The second-order valence-corrected chi connectivity index (χ2v) is 19.6. The molecule has 1 fully saturated rings. The van der Waals surface area contributed by atoms with Crippen LogP contribution in [0.5, 0.6) is 5.75 Å². The number of fused-ring (bicyclic) bond motifs is 5. The zero-order valence-corrected chi connectivity index (χ0v) is 40.8. The maximum absolute atomic E-state index is 14.9. The van der Waals surface area contributed by atoms with Crippen LogP contribution in [0.4, 0.5) is 0 Å². The summed E-state index contributed by atoms with van der Waals surface area (Å²) in [5, 5.41) is 49.2. The minimum absolute atomic E-state index is 0.102. The molecule has 26 heteroatoms. The molecule has 11 atom stereocenters. The molecule has 71 heavy (non-hydrogen) atoms. The fraction of sp³-hybridized carbons (Fsp3) is 0.622. The Morgan fingerprint density at radius 3 is 2.23 bits per heavy atom. The van der Waals surface area contributed by atoms with Gasteiger partial charge >= 0.3 is 0 Å². The average molecular weight is 1020 g/mol. The molecule has 1 aromatic heterocycles. The van der Waals surface area contributed by atoms with Crippen molar-refractivity contribution < 1.29 is 67.4 Å². The average Bonchev–Trinajstić information content (AvgIpc) is 3.91. The Kier molecular flexibility index (Phi) is 20.2. The van der Waals surface area contributed by atoms with Crippen LogP contribution in [0.25, 0.3) is 10.9 Å². The number of hydrogen-bond donors (Lipinski definition) is 13. The van der Waals surface area contributed by atoms with Gasteiger partial charge in [0.2, 0.25) is 53.2 Å². The van der Waals surface area contributed by atoms with E-state index in [1.807, 2.05) is 0 Å². The van der Waals surface area contributed by atoms with Gasteiger partial charge in [0.25, 0.3) is 0 Å². The second kappa shape index (κ2) is 25.8. The van der Waals surface area contributed by atoms with Crippen molar-refractivity contribution in [1.29, 1.82) is 0 Å². The predicted molar refractivity (Wildman–Crippen MR) is 254 cm³/mol. The number of amides is 9. The third-order valence-corrected chi connectivity index (χ3v) is 14.3. The molecule has 25 nitrogen and oxygen atoms in total. The first-order valence-electron chi connectivity index (χ1n) is 23.7. The maximum atomic E-state index is 14.9. The Morgan fingerprint density at radius 1 is 0.859 bits per heavy atom. The molecule has 2 aromatic rings. The van der Waals surface area contributed by atoms with Crippen molar-refractivity contribution in [2.24, 2.45) is 23.3 Å². The molecule has 1 saturated heterocycles. The van der Waals surface area contributed by atoms with Crippen LogP contribution in [0.2, 0.25) is 0 Å². The molecule has 15 N–H and O–H groups in total. The number of nitrogens with zero attached hydrogens (tertiary/aromatic N) is 1. The highest BCUT2D eigenvalue weighted by Gasteiger charge is 2.45. The van der Waals surface area contributed by atoms with Gasteiger partial charge in [0, 0.05) is 36.8 Å². The lowest BCUT2D eigenvalue weighted by Gasteiger charge is -2.32. The molecule has 0 saturated carbocycles. The summed E-state index contributed by atoms with van der Waals surface area (Å²) in [6, 6.07) is -5.04. The lowest BCUT2D eigenvalue weighted by atomic mass is 9.93. The minimum atomic E-state index is -2.36. The summed E-state index contributed by atoms with van der Waals surface area (Å²) in [5.74, 6) is -11.2. The number of aliphatic hydroxyl groups excluding tert-OH is 3. The second-order valence-electron chi connectivity index (χ2n) is 18.2. The number of benzene rings is 1. The summed E-state index contributed by atoms with van der Waals surface area (Å²) in [6.45, 7) is 2.75. The van der Waals surface area contributed by atoms with Crippen molar-refractivity contribution in [3.63, 3.8) is 0 Å². The molecule has 3 aliphatic rings. The van der Waals surface area contributed by atoms with E-state index in [2.05, 4.69) is 42.2 Å². The number of carbonyl (C=O) groups excluding carboxylic acids is 9. The van der Waals surface area contributed by atoms with E-state index in [-0.39, 0.29) is 10.6 Å². The highest BCUT2D eigenvalue weighted by molar-refractivity contribution is 7.85. The van der Waals surface area contributed by atoms with Gasteiger partial charge in [0.15, 0.2) is 0 Å². The third kappa shape index (κ3) is 14.7. The summed E-state index contributed by atoms with van der Waals surface area (Å²) in [4.78, 5) is 129. The fourth-order valence-electron chi connectivity index (χ4n) is 8.57. The van der Waals surface area contributed by atoms with Crippen molar-refractivity contribution in [3.05, 3.63) is 23.8 Å². The molecule has 4 heterocycles. The summed E-state index contributed by atoms with van der Waals surface area (Å²) >= 11 is 0. The Balaban J connectivity index is 1.72. The van der Waals surface area contributed by atoms with E-state index in [0.29, 0.717) is 36.2 Å². The zero-order valence-electron chi connectivity index (χ0n) is 40.0. The molecule has 9 amide bonds. The molecule has 3 aliphatic heterocycles. The normalized spacial score (nSPS) is 26.8. The Bertz CT molecular complexity index is 2330. The summed E-state index contributed by atoms with van der Waals surface area (Å²) in [5.41, 5.74) is 11.6. The first-order chi connectivity index (χ1) is 33.8. The molecule has 392 valence electrons. The summed E-state index contributed by atoms with van der Waals surface area (Å²) < 4.78 is 20.9. The van der Waals surface area contributed by atoms with Crippen molar-refractivity contribution in [2.75, 3.05) is 45.1 Å². The number of aliphatic hydroxyl groups is 3. The van der Waals surface area contributed by atoms with Crippen LogP contribution in [0, 0.1) is 11.8 Å². The predicted octanol–water partition coefficient (Wildman–Crippen LogP) is -4.73. The van der Waals surface area contributed by atoms with Crippen molar-refractivity contribution in [1.82, 2.24) is 47.1 Å². The SMILES string of the molecule is CC[C@H](C)C1NC(=O)CNC(=O)C2Cc3c([nH]c4cc(OCCCCCCN)ccc34)S(=O)CC(NC(=O)CNC1=O)C(=O)N[C@@H](CC(N)=O)C(=O)N1CC(O)C[C@H]1C(=O)N[C@@H]([C@@H](C)[C@@H](O)CO)C(=O)N2. The first-order valence-corrected chi connectivity index (χ1v) is 25.0. The van der Waals surface area contributed by atoms with Gasteiger partial charge in [-0.3, -0.25) is 47.4 Å². The topological polar surface area (TPSA) is 396 Å². The number of primary amides is 1. The molecular formula is C45H67N11O14S. The Labute approximate surface area is 411 Å². The van der Waals surface area contributed by atoms with E-state index < -0.39 is 176 Å². The molecule has 5 rings (SSSR count). The number of aromatic amines is 1. The Morgan fingerprint density at radius 2 is 1.55 bits per heavy atom. The third-order valence-electron chi connectivity index (χ3n) is 12.9. The van der Waals surface area contributed by atoms with Gasteiger partial charge in [0.05, 0.1) is 67.0 Å². The largest absolute Gasteiger partial charge is 0.494 e. The maximum Gasteiger partial charge on any atom is 0.246 e. The van der Waals surface area contributed by atoms with E-state index in [0.717, 1.165) is 30.6 Å². The van der Waals surface area contributed by atoms with Gasteiger partial charge in [0.1, 0.15) is 47.0 Å². The summed E-state index contributed by atoms with van der Waals surface area (Å²) in [6.07, 6.45) is -1.00. The van der Waals surface area contributed by atoms with Gasteiger partial charge in [-0.05, 0) is 43.0 Å². The Hall–Kier alpha value is -6.22. The van der Waals surface area contributed by atoms with Crippen molar-refractivity contribution in [3.8, 4) is 5.75 Å². The smallest absolute Gasteiger partial charge is 0.246 e. The van der Waals surface area contributed by atoms with Crippen molar-refractivity contribution >= 4 is 74.9 Å². The minimum Gasteiger partial charge on any atom is -0.494 e. The van der Waals surface area contributed by atoms with Gasteiger partial charge in [-0.1, -0.05) is 40.0 Å². The fourth-order valence-corrected chi connectivity index (χ4v) is 9.97. The van der Waals surface area contributed by atoms with E-state index >= 15 is 0 Å². The lowest BCUT2D eigenvalue weighted by Crippen LogP contribution is -2.62. The van der Waals surface area contributed by atoms with Gasteiger partial charge in [-0.2, -0.15) is 0 Å². The van der Waals surface area contributed by atoms with E-state index in [1.54, 1.807) is 32.0 Å². The number of ether oxygens (including phenoxy) is 1. The lowest BCUT2D eigenvalue weighted by molar-refractivity contribution is -0.144. The van der Waals surface area contributed by atoms with Crippen LogP contribution in [0.1, 0.15) is 71.3 Å². The molecule has 2 bridgehead atoms. The van der Waals surface area contributed by atoms with Gasteiger partial charge in [-0.15, -0.1) is 0 Å². The van der Waals surface area contributed by atoms with E-state index in [4.69, 9.17) is 16.2 Å². The molecule has 0 spiro atoms. The number of unbranched alkanes of at least 4 members (excludes halogenated alkanes) is 3. The van der Waals surface area contributed by atoms with Gasteiger partial charge < -0.3 is 78.6 Å². The van der Waals surface area contributed by atoms with Crippen LogP contribution in [-0.4, -0.2) is 176 Å². The molecule has 0 aliphatic carbocycles. The molecular weight excluding hydrogens is 951 g/mol. The van der Waals surface area contributed by atoms with Crippen LogP contribution < -0.4 is 53.4 Å². The zero-order chi connectivity index (χ0) is 52.1. The number of hydrogen-bond acceptors (Lipinski definition) is 15. The number of rotatable bonds is 14. The highest BCUT2D eigenvalue weighted by atomic mass is 32.2. The monoisotopic (exact) mass is 1020 g/mol.